The number of carbonyl (C=O) groups is 1. The van der Waals surface area contributed by atoms with Crippen LogP contribution in [0.1, 0.15) is 44.5 Å². The monoisotopic (exact) mass is 405 g/mol. The Kier molecular flexibility index (Phi) is 5.50. The summed E-state index contributed by atoms with van der Waals surface area (Å²) < 4.78 is 2.30. The van der Waals surface area contributed by atoms with Crippen LogP contribution in [0.4, 0.5) is 5.69 Å². The molecule has 1 amide bonds. The first-order valence-corrected chi connectivity index (χ1v) is 10.7. The van der Waals surface area contributed by atoms with Gasteiger partial charge in [0.1, 0.15) is 11.3 Å². The molecule has 6 heteroatoms. The number of likely N-dealkylation sites (tertiary alicyclic amines) is 1. The number of piperidine rings is 1. The summed E-state index contributed by atoms with van der Waals surface area (Å²) in [4.78, 5) is 23.8. The molecule has 4 rings (SSSR count). The SMILES string of the molecule is Cc1nc2cnccc2n1CC1CCN(C(=O)CC(C)(C)c2ccc(N)cc2)CC1. The van der Waals surface area contributed by atoms with Crippen LogP contribution in [0.2, 0.25) is 0 Å². The molecule has 30 heavy (non-hydrogen) atoms. The van der Waals surface area contributed by atoms with Crippen molar-refractivity contribution in [2.45, 2.75) is 52.0 Å². The van der Waals surface area contributed by atoms with E-state index in [1.165, 1.54) is 0 Å². The highest BCUT2D eigenvalue weighted by atomic mass is 16.2. The molecule has 0 unspecified atom stereocenters. The zero-order chi connectivity index (χ0) is 21.3. The first-order valence-electron chi connectivity index (χ1n) is 10.7. The lowest BCUT2D eigenvalue weighted by Gasteiger charge is -2.35. The summed E-state index contributed by atoms with van der Waals surface area (Å²) in [7, 11) is 0. The van der Waals surface area contributed by atoms with Crippen LogP contribution in [0.3, 0.4) is 0 Å². The molecule has 2 aromatic heterocycles. The highest BCUT2D eigenvalue weighted by Crippen LogP contribution is 2.30. The molecular weight excluding hydrogens is 374 g/mol. The number of nitrogen functional groups attached to an aromatic ring is 1. The number of anilines is 1. The van der Waals surface area contributed by atoms with Gasteiger partial charge in [0.25, 0.3) is 0 Å². The topological polar surface area (TPSA) is 77.0 Å². The Morgan fingerprint density at radius 2 is 1.87 bits per heavy atom. The van der Waals surface area contributed by atoms with E-state index in [1.807, 2.05) is 47.6 Å². The lowest BCUT2D eigenvalue weighted by molar-refractivity contribution is -0.133. The maximum absolute atomic E-state index is 13.0. The van der Waals surface area contributed by atoms with Gasteiger partial charge in [0.05, 0.1) is 11.7 Å². The second-order valence-electron chi connectivity index (χ2n) is 9.14. The Morgan fingerprint density at radius 1 is 1.17 bits per heavy atom. The fourth-order valence-corrected chi connectivity index (χ4v) is 4.48. The molecule has 3 aromatic rings. The molecule has 158 valence electrons. The lowest BCUT2D eigenvalue weighted by Crippen LogP contribution is -2.41. The van der Waals surface area contributed by atoms with Gasteiger partial charge in [-0.05, 0) is 54.9 Å². The number of fused-ring (bicyclic) bond motifs is 1. The molecular formula is C24H31N5O. The number of benzene rings is 1. The van der Waals surface area contributed by atoms with E-state index in [0.717, 1.165) is 60.6 Å². The fourth-order valence-electron chi connectivity index (χ4n) is 4.48. The molecule has 1 fully saturated rings. The molecule has 2 N–H and O–H groups in total. The average molecular weight is 406 g/mol. The van der Waals surface area contributed by atoms with Crippen LogP contribution in [-0.4, -0.2) is 38.4 Å². The predicted octanol–water partition coefficient (Wildman–Crippen LogP) is 3.93. The van der Waals surface area contributed by atoms with Crippen molar-refractivity contribution in [2.24, 2.45) is 5.92 Å². The van der Waals surface area contributed by atoms with Crippen molar-refractivity contribution >= 4 is 22.6 Å². The van der Waals surface area contributed by atoms with Crippen molar-refractivity contribution < 1.29 is 4.79 Å². The number of hydrogen-bond donors (Lipinski definition) is 1. The van der Waals surface area contributed by atoms with E-state index in [1.54, 1.807) is 0 Å². The summed E-state index contributed by atoms with van der Waals surface area (Å²) in [6.45, 7) is 8.92. The first-order chi connectivity index (χ1) is 14.3. The first kappa shape index (κ1) is 20.4. The molecule has 1 aromatic carbocycles. The summed E-state index contributed by atoms with van der Waals surface area (Å²) in [5, 5.41) is 0. The van der Waals surface area contributed by atoms with Gasteiger partial charge in [-0.25, -0.2) is 4.98 Å². The number of nitrogens with zero attached hydrogens (tertiary/aromatic N) is 4. The van der Waals surface area contributed by atoms with Crippen LogP contribution in [-0.2, 0) is 16.8 Å². The van der Waals surface area contributed by atoms with Gasteiger partial charge in [-0.15, -0.1) is 0 Å². The lowest BCUT2D eigenvalue weighted by atomic mass is 9.81. The fraction of sp³-hybridized carbons (Fsp3) is 0.458. The smallest absolute Gasteiger partial charge is 0.223 e. The van der Waals surface area contributed by atoms with Gasteiger partial charge in [-0.3, -0.25) is 9.78 Å². The highest BCUT2D eigenvalue weighted by molar-refractivity contribution is 5.78. The van der Waals surface area contributed by atoms with E-state index < -0.39 is 0 Å². The predicted molar refractivity (Wildman–Crippen MR) is 120 cm³/mol. The Hall–Kier alpha value is -2.89. The van der Waals surface area contributed by atoms with Crippen LogP contribution in [0.25, 0.3) is 11.0 Å². The van der Waals surface area contributed by atoms with Gasteiger partial charge in [0, 0.05) is 37.9 Å². The highest BCUT2D eigenvalue weighted by Gasteiger charge is 2.29. The van der Waals surface area contributed by atoms with Crippen LogP contribution >= 0.6 is 0 Å². The second kappa shape index (κ2) is 8.09. The molecule has 0 aliphatic carbocycles. The number of carbonyl (C=O) groups excluding carboxylic acids is 1. The summed E-state index contributed by atoms with van der Waals surface area (Å²) in [6, 6.07) is 9.91. The van der Waals surface area contributed by atoms with Crippen LogP contribution in [0.15, 0.2) is 42.7 Å². The molecule has 0 bridgehead atoms. The van der Waals surface area contributed by atoms with E-state index in [2.05, 4.69) is 35.3 Å². The third kappa shape index (κ3) is 4.18. The Labute approximate surface area is 178 Å². The Balaban J connectivity index is 1.35. The third-order valence-corrected chi connectivity index (χ3v) is 6.43. The van der Waals surface area contributed by atoms with Gasteiger partial charge in [0.2, 0.25) is 5.91 Å². The zero-order valence-electron chi connectivity index (χ0n) is 18.1. The quantitative estimate of drug-likeness (QED) is 0.653. The van der Waals surface area contributed by atoms with Gasteiger partial charge in [0.15, 0.2) is 0 Å². The average Bonchev–Trinajstić information content (AvgIpc) is 3.04. The standard InChI is InChI=1S/C24H31N5O/c1-17-27-21-15-26-11-8-22(21)29(17)16-18-9-12-28(13-10-18)23(30)14-24(2,3)19-4-6-20(25)7-5-19/h4-8,11,15,18H,9-10,12-14,16,25H2,1-3H3. The molecule has 0 saturated carbocycles. The van der Waals surface area contributed by atoms with E-state index >= 15 is 0 Å². The van der Waals surface area contributed by atoms with Crippen molar-refractivity contribution in [2.75, 3.05) is 18.8 Å². The second-order valence-corrected chi connectivity index (χ2v) is 9.14. The largest absolute Gasteiger partial charge is 0.399 e. The number of aryl methyl sites for hydroxylation is 1. The van der Waals surface area contributed by atoms with Crippen molar-refractivity contribution in [3.05, 3.63) is 54.1 Å². The number of hydrogen-bond acceptors (Lipinski definition) is 4. The number of aromatic nitrogens is 3. The summed E-state index contributed by atoms with van der Waals surface area (Å²) in [5.74, 6) is 1.83. The zero-order valence-corrected chi connectivity index (χ0v) is 18.1. The number of imidazole rings is 1. The van der Waals surface area contributed by atoms with E-state index in [0.29, 0.717) is 12.3 Å². The van der Waals surface area contributed by atoms with Gasteiger partial charge < -0.3 is 15.2 Å². The van der Waals surface area contributed by atoms with Gasteiger partial charge >= 0.3 is 0 Å². The maximum Gasteiger partial charge on any atom is 0.223 e. The normalized spacial score (nSPS) is 15.6. The molecule has 0 atom stereocenters. The van der Waals surface area contributed by atoms with Crippen molar-refractivity contribution in [1.82, 2.24) is 19.4 Å². The van der Waals surface area contributed by atoms with E-state index in [4.69, 9.17) is 5.73 Å². The minimum atomic E-state index is -0.206. The Morgan fingerprint density at radius 3 is 2.57 bits per heavy atom. The van der Waals surface area contributed by atoms with Crippen LogP contribution in [0, 0.1) is 12.8 Å². The summed E-state index contributed by atoms with van der Waals surface area (Å²) in [5.41, 5.74) is 9.60. The molecule has 6 nitrogen and oxygen atoms in total. The van der Waals surface area contributed by atoms with Crippen molar-refractivity contribution in [3.8, 4) is 0 Å². The third-order valence-electron chi connectivity index (χ3n) is 6.43. The molecule has 0 radical (unpaired) electrons. The Bertz CT molecular complexity index is 1030. The van der Waals surface area contributed by atoms with Crippen molar-refractivity contribution in [1.29, 1.82) is 0 Å². The van der Waals surface area contributed by atoms with Crippen LogP contribution < -0.4 is 5.73 Å². The number of pyridine rings is 1. The molecule has 0 spiro atoms. The van der Waals surface area contributed by atoms with Crippen molar-refractivity contribution in [3.63, 3.8) is 0 Å². The molecule has 1 aliphatic heterocycles. The van der Waals surface area contributed by atoms with Gasteiger partial charge in [-0.1, -0.05) is 26.0 Å². The number of amides is 1. The number of rotatable bonds is 5. The van der Waals surface area contributed by atoms with E-state index in [-0.39, 0.29) is 11.3 Å². The molecule has 3 heterocycles. The number of nitrogens with two attached hydrogens (primary N) is 1. The molecule has 1 saturated heterocycles. The maximum atomic E-state index is 13.0. The van der Waals surface area contributed by atoms with Gasteiger partial charge in [-0.2, -0.15) is 0 Å². The minimum Gasteiger partial charge on any atom is -0.399 e. The molecule has 1 aliphatic rings. The minimum absolute atomic E-state index is 0.206. The summed E-state index contributed by atoms with van der Waals surface area (Å²) >= 11 is 0. The summed E-state index contributed by atoms with van der Waals surface area (Å²) in [6.07, 6.45) is 6.21. The van der Waals surface area contributed by atoms with E-state index in [9.17, 15) is 4.79 Å². The van der Waals surface area contributed by atoms with Crippen LogP contribution in [0.5, 0.6) is 0 Å².